The zero-order valence-corrected chi connectivity index (χ0v) is 12.0. The second-order valence-corrected chi connectivity index (χ2v) is 5.20. The van der Waals surface area contributed by atoms with Crippen LogP contribution in [0.15, 0.2) is 34.0 Å². The molecule has 0 saturated heterocycles. The molecule has 0 saturated carbocycles. The lowest BCUT2D eigenvalue weighted by Crippen LogP contribution is -2.40. The first-order chi connectivity index (χ1) is 8.88. The van der Waals surface area contributed by atoms with E-state index in [9.17, 15) is 18.4 Å². The zero-order chi connectivity index (χ0) is 14.2. The van der Waals surface area contributed by atoms with Gasteiger partial charge in [-0.3, -0.25) is 9.36 Å². The van der Waals surface area contributed by atoms with E-state index < -0.39 is 22.9 Å². The van der Waals surface area contributed by atoms with Gasteiger partial charge in [-0.2, -0.15) is 0 Å². The SMILES string of the molecule is Cn1cc(I)c(=O)n(Cc2cc(F)cc(F)c2)c1=O. The summed E-state index contributed by atoms with van der Waals surface area (Å²) in [5.41, 5.74) is -0.790. The van der Waals surface area contributed by atoms with E-state index in [1.807, 2.05) is 22.6 Å². The second kappa shape index (κ2) is 5.24. The first-order valence-corrected chi connectivity index (χ1v) is 6.37. The highest BCUT2D eigenvalue weighted by Crippen LogP contribution is 2.08. The number of aromatic nitrogens is 2. The molecule has 0 spiro atoms. The second-order valence-electron chi connectivity index (χ2n) is 4.04. The molecule has 0 N–H and O–H groups in total. The van der Waals surface area contributed by atoms with E-state index >= 15 is 0 Å². The van der Waals surface area contributed by atoms with E-state index in [4.69, 9.17) is 0 Å². The molecule has 0 unspecified atom stereocenters. The molecule has 0 fully saturated rings. The third-order valence-electron chi connectivity index (χ3n) is 2.55. The summed E-state index contributed by atoms with van der Waals surface area (Å²) in [6, 6.07) is 2.92. The molecular weight excluding hydrogens is 369 g/mol. The highest BCUT2D eigenvalue weighted by atomic mass is 127. The van der Waals surface area contributed by atoms with Crippen molar-refractivity contribution in [3.05, 3.63) is 66.0 Å². The fourth-order valence-electron chi connectivity index (χ4n) is 1.71. The molecule has 0 aliphatic heterocycles. The van der Waals surface area contributed by atoms with Crippen LogP contribution in [0.4, 0.5) is 8.78 Å². The molecule has 0 aliphatic rings. The minimum atomic E-state index is -0.745. The minimum Gasteiger partial charge on any atom is -0.302 e. The monoisotopic (exact) mass is 378 g/mol. The van der Waals surface area contributed by atoms with Gasteiger partial charge in [-0.15, -0.1) is 0 Å². The molecule has 0 atom stereocenters. The molecule has 4 nitrogen and oxygen atoms in total. The summed E-state index contributed by atoms with van der Waals surface area (Å²) in [4.78, 5) is 23.7. The van der Waals surface area contributed by atoms with Gasteiger partial charge in [0.1, 0.15) is 11.6 Å². The molecule has 1 heterocycles. The number of nitrogens with zero attached hydrogens (tertiary/aromatic N) is 2. The van der Waals surface area contributed by atoms with Crippen molar-refractivity contribution in [2.75, 3.05) is 0 Å². The van der Waals surface area contributed by atoms with Gasteiger partial charge in [-0.1, -0.05) is 0 Å². The Labute approximate surface area is 120 Å². The Bertz CT molecular complexity index is 698. The number of hydrogen-bond acceptors (Lipinski definition) is 2. The first kappa shape index (κ1) is 13.9. The van der Waals surface area contributed by atoms with Crippen LogP contribution in [0.25, 0.3) is 0 Å². The van der Waals surface area contributed by atoms with Crippen LogP contribution < -0.4 is 11.2 Å². The Morgan fingerprint density at radius 2 is 1.74 bits per heavy atom. The molecule has 0 aliphatic carbocycles. The van der Waals surface area contributed by atoms with Crippen LogP contribution in [-0.2, 0) is 13.6 Å². The van der Waals surface area contributed by atoms with Crippen molar-refractivity contribution in [1.82, 2.24) is 9.13 Å². The molecular formula is C12H9F2IN2O2. The standard InChI is InChI=1S/C12H9F2IN2O2/c1-16-6-10(15)11(18)17(12(16)19)5-7-2-8(13)4-9(14)3-7/h2-4,6H,5H2,1H3. The lowest BCUT2D eigenvalue weighted by molar-refractivity contribution is 0.572. The first-order valence-electron chi connectivity index (χ1n) is 5.29. The van der Waals surface area contributed by atoms with Crippen LogP contribution >= 0.6 is 22.6 Å². The lowest BCUT2D eigenvalue weighted by atomic mass is 10.2. The maximum atomic E-state index is 13.1. The number of benzene rings is 1. The van der Waals surface area contributed by atoms with Crippen LogP contribution in [0, 0.1) is 15.2 Å². The van der Waals surface area contributed by atoms with E-state index in [-0.39, 0.29) is 12.1 Å². The van der Waals surface area contributed by atoms with Crippen LogP contribution in [0.2, 0.25) is 0 Å². The number of rotatable bonds is 2. The molecule has 7 heteroatoms. The van der Waals surface area contributed by atoms with Crippen LogP contribution in [0.1, 0.15) is 5.56 Å². The van der Waals surface area contributed by atoms with Crippen LogP contribution in [-0.4, -0.2) is 9.13 Å². The Morgan fingerprint density at radius 3 is 2.32 bits per heavy atom. The highest BCUT2D eigenvalue weighted by molar-refractivity contribution is 14.1. The van der Waals surface area contributed by atoms with E-state index in [2.05, 4.69) is 0 Å². The van der Waals surface area contributed by atoms with E-state index in [1.54, 1.807) is 0 Å². The number of halogens is 3. The predicted molar refractivity (Wildman–Crippen MR) is 74.1 cm³/mol. The average molecular weight is 378 g/mol. The summed E-state index contributed by atoms with van der Waals surface area (Å²) < 4.78 is 28.7. The molecule has 2 aromatic rings. The molecule has 2 rings (SSSR count). The van der Waals surface area contributed by atoms with E-state index in [1.165, 1.54) is 17.8 Å². The molecule has 1 aromatic carbocycles. The minimum absolute atomic E-state index is 0.170. The van der Waals surface area contributed by atoms with Crippen molar-refractivity contribution in [2.24, 2.45) is 7.05 Å². The van der Waals surface area contributed by atoms with Gasteiger partial charge < -0.3 is 4.57 Å². The van der Waals surface area contributed by atoms with E-state index in [0.717, 1.165) is 22.8 Å². The molecule has 0 radical (unpaired) electrons. The van der Waals surface area contributed by atoms with Crippen molar-refractivity contribution >= 4 is 22.6 Å². The van der Waals surface area contributed by atoms with Gasteiger partial charge in [0, 0.05) is 19.3 Å². The lowest BCUT2D eigenvalue weighted by Gasteiger charge is -2.08. The topological polar surface area (TPSA) is 44.0 Å². The fourth-order valence-corrected chi connectivity index (χ4v) is 2.42. The Balaban J connectivity index is 2.55. The summed E-state index contributed by atoms with van der Waals surface area (Å²) in [7, 11) is 1.51. The average Bonchev–Trinajstić information content (AvgIpc) is 2.31. The summed E-state index contributed by atoms with van der Waals surface area (Å²) >= 11 is 1.81. The van der Waals surface area contributed by atoms with Gasteiger partial charge in [0.05, 0.1) is 10.1 Å². The molecule has 0 bridgehead atoms. The summed E-state index contributed by atoms with van der Waals surface area (Å²) in [5, 5.41) is 0. The van der Waals surface area contributed by atoms with Crippen LogP contribution in [0.5, 0.6) is 0 Å². The fraction of sp³-hybridized carbons (Fsp3) is 0.167. The molecule has 0 amide bonds. The number of hydrogen-bond donors (Lipinski definition) is 0. The molecule has 1 aromatic heterocycles. The predicted octanol–water partition coefficient (Wildman–Crippen LogP) is 1.48. The summed E-state index contributed by atoms with van der Waals surface area (Å²) in [5.74, 6) is -1.49. The summed E-state index contributed by atoms with van der Waals surface area (Å²) in [6.45, 7) is -0.170. The van der Waals surface area contributed by atoms with E-state index in [0.29, 0.717) is 3.57 Å². The van der Waals surface area contributed by atoms with Gasteiger partial charge in [0.15, 0.2) is 0 Å². The van der Waals surface area contributed by atoms with Crippen molar-refractivity contribution in [2.45, 2.75) is 6.54 Å². The quantitative estimate of drug-likeness (QED) is 0.744. The van der Waals surface area contributed by atoms with Gasteiger partial charge in [-0.05, 0) is 40.3 Å². The smallest absolute Gasteiger partial charge is 0.302 e. The largest absolute Gasteiger partial charge is 0.331 e. The van der Waals surface area contributed by atoms with Crippen LogP contribution in [0.3, 0.4) is 0 Å². The highest BCUT2D eigenvalue weighted by Gasteiger charge is 2.09. The zero-order valence-electron chi connectivity index (χ0n) is 9.86. The maximum absolute atomic E-state index is 13.1. The Kier molecular flexibility index (Phi) is 3.83. The normalized spacial score (nSPS) is 10.7. The van der Waals surface area contributed by atoms with Gasteiger partial charge >= 0.3 is 5.69 Å². The van der Waals surface area contributed by atoms with Crippen molar-refractivity contribution < 1.29 is 8.78 Å². The molecule has 19 heavy (non-hydrogen) atoms. The maximum Gasteiger partial charge on any atom is 0.331 e. The van der Waals surface area contributed by atoms with Crippen molar-refractivity contribution in [3.63, 3.8) is 0 Å². The van der Waals surface area contributed by atoms with Gasteiger partial charge in [-0.25, -0.2) is 13.6 Å². The third kappa shape index (κ3) is 2.91. The van der Waals surface area contributed by atoms with Gasteiger partial charge in [0.2, 0.25) is 0 Å². The summed E-state index contributed by atoms with van der Waals surface area (Å²) in [6.07, 6.45) is 1.41. The van der Waals surface area contributed by atoms with Gasteiger partial charge in [0.25, 0.3) is 5.56 Å². The van der Waals surface area contributed by atoms with Crippen molar-refractivity contribution in [3.8, 4) is 0 Å². The molecule has 100 valence electrons. The van der Waals surface area contributed by atoms with Crippen molar-refractivity contribution in [1.29, 1.82) is 0 Å². The Hall–Kier alpha value is -1.51. The Morgan fingerprint density at radius 1 is 1.16 bits per heavy atom. The number of aryl methyl sites for hydroxylation is 1. The third-order valence-corrected chi connectivity index (χ3v) is 3.29.